The van der Waals surface area contributed by atoms with Crippen LogP contribution in [-0.4, -0.2) is 51.8 Å². The highest BCUT2D eigenvalue weighted by Gasteiger charge is 2.49. The van der Waals surface area contributed by atoms with Crippen LogP contribution in [0.25, 0.3) is 0 Å². The molecule has 1 heterocycles. The summed E-state index contributed by atoms with van der Waals surface area (Å²) in [5, 5.41) is 26.8. The number of hydrogen-bond acceptors (Lipinski definition) is 7. The van der Waals surface area contributed by atoms with Gasteiger partial charge in [0.2, 0.25) is 5.91 Å². The summed E-state index contributed by atoms with van der Waals surface area (Å²) in [6.07, 6.45) is -1.86. The number of nitrogens with one attached hydrogen (secondary N) is 2. The number of aromatic hydroxyl groups is 1. The summed E-state index contributed by atoms with van der Waals surface area (Å²) in [5.41, 5.74) is 9.48. The van der Waals surface area contributed by atoms with Gasteiger partial charge in [0, 0.05) is 30.3 Å². The van der Waals surface area contributed by atoms with Crippen molar-refractivity contribution in [1.29, 1.82) is 0 Å². The maximum atomic E-state index is 13.9. The molecular formula is C31H34ClN3O5. The van der Waals surface area contributed by atoms with Gasteiger partial charge in [-0.3, -0.25) is 14.4 Å². The standard InChI is InChI=1S/C31H34ClN3O5/c1-17-9-6-7-12-20(17)15-35-31(40)27-24(22(32)16-34-27)29(38)30(39)25(26(33)19-10-4-3-5-11-19)28(37)21-13-8-14-23(36)18(21)2/h3-14,22,24-27,30,34,36,39H,15-16,33H2,1-2H3,(H,35,40)/t22-,24?,25-,26?,27+,30+/m1/s1. The van der Waals surface area contributed by atoms with Crippen molar-refractivity contribution in [3.63, 3.8) is 0 Å². The van der Waals surface area contributed by atoms with Crippen LogP contribution in [0.3, 0.4) is 0 Å². The second-order valence-corrected chi connectivity index (χ2v) is 10.8. The van der Waals surface area contributed by atoms with Gasteiger partial charge in [-0.05, 0) is 36.6 Å². The number of benzene rings is 3. The zero-order chi connectivity index (χ0) is 29.0. The van der Waals surface area contributed by atoms with Gasteiger partial charge in [-0.2, -0.15) is 0 Å². The molecule has 0 aliphatic carbocycles. The first-order valence-electron chi connectivity index (χ1n) is 13.2. The van der Waals surface area contributed by atoms with E-state index in [1.54, 1.807) is 37.3 Å². The summed E-state index contributed by atoms with van der Waals surface area (Å²) in [6.45, 7) is 3.94. The number of aryl methyl sites for hydroxylation is 1. The molecule has 0 saturated carbocycles. The molecule has 8 nitrogen and oxygen atoms in total. The topological polar surface area (TPSA) is 142 Å². The lowest BCUT2D eigenvalue weighted by Gasteiger charge is -2.30. The van der Waals surface area contributed by atoms with E-state index < -0.39 is 52.9 Å². The summed E-state index contributed by atoms with van der Waals surface area (Å²) in [5.74, 6) is -4.36. The molecule has 1 aliphatic heterocycles. The number of hydrogen-bond donors (Lipinski definition) is 5. The van der Waals surface area contributed by atoms with Gasteiger partial charge in [-0.25, -0.2) is 0 Å². The molecule has 0 radical (unpaired) electrons. The maximum Gasteiger partial charge on any atom is 0.238 e. The molecule has 1 amide bonds. The Morgan fingerprint density at radius 1 is 1.02 bits per heavy atom. The van der Waals surface area contributed by atoms with Crippen molar-refractivity contribution in [1.82, 2.24) is 10.6 Å². The lowest BCUT2D eigenvalue weighted by molar-refractivity contribution is -0.137. The highest BCUT2D eigenvalue weighted by molar-refractivity contribution is 6.23. The number of Topliss-reactive ketones (excluding diaryl/α,β-unsaturated/α-hetero) is 2. The van der Waals surface area contributed by atoms with Gasteiger partial charge in [0.25, 0.3) is 0 Å². The first kappa shape index (κ1) is 29.4. The molecule has 2 unspecified atom stereocenters. The quantitative estimate of drug-likeness (QED) is 0.189. The van der Waals surface area contributed by atoms with Gasteiger partial charge in [-0.1, -0.05) is 66.7 Å². The number of nitrogens with two attached hydrogens (primary N) is 1. The van der Waals surface area contributed by atoms with Gasteiger partial charge in [0.15, 0.2) is 11.6 Å². The van der Waals surface area contributed by atoms with E-state index in [4.69, 9.17) is 17.3 Å². The van der Waals surface area contributed by atoms with Crippen LogP contribution in [0.5, 0.6) is 5.75 Å². The molecule has 3 aromatic carbocycles. The Morgan fingerprint density at radius 2 is 1.70 bits per heavy atom. The number of ketones is 2. The van der Waals surface area contributed by atoms with E-state index in [2.05, 4.69) is 10.6 Å². The molecule has 4 rings (SSSR count). The number of phenolic OH excluding ortho intramolecular Hbond substituents is 1. The van der Waals surface area contributed by atoms with Crippen LogP contribution in [0.4, 0.5) is 0 Å². The number of amides is 1. The zero-order valence-electron chi connectivity index (χ0n) is 22.4. The van der Waals surface area contributed by atoms with Gasteiger partial charge < -0.3 is 26.6 Å². The minimum absolute atomic E-state index is 0.0927. The van der Waals surface area contributed by atoms with Crippen molar-refractivity contribution in [3.8, 4) is 5.75 Å². The zero-order valence-corrected chi connectivity index (χ0v) is 23.1. The number of halogens is 1. The van der Waals surface area contributed by atoms with E-state index >= 15 is 0 Å². The Bertz CT molecular complexity index is 1380. The Hall–Kier alpha value is -3.56. The first-order valence-corrected chi connectivity index (χ1v) is 13.6. The van der Waals surface area contributed by atoms with E-state index in [1.165, 1.54) is 18.2 Å². The molecule has 3 aromatic rings. The third-order valence-electron chi connectivity index (χ3n) is 7.68. The minimum Gasteiger partial charge on any atom is -0.508 e. The van der Waals surface area contributed by atoms with Gasteiger partial charge in [0.05, 0.1) is 23.3 Å². The second-order valence-electron chi connectivity index (χ2n) is 10.2. The monoisotopic (exact) mass is 563 g/mol. The smallest absolute Gasteiger partial charge is 0.238 e. The Balaban J connectivity index is 1.62. The Labute approximate surface area is 238 Å². The van der Waals surface area contributed by atoms with Crippen molar-refractivity contribution in [2.75, 3.05) is 6.54 Å². The molecule has 40 heavy (non-hydrogen) atoms. The van der Waals surface area contributed by atoms with E-state index in [1.807, 2.05) is 31.2 Å². The van der Waals surface area contributed by atoms with Crippen LogP contribution in [-0.2, 0) is 16.1 Å². The van der Waals surface area contributed by atoms with Crippen LogP contribution in [0, 0.1) is 25.7 Å². The third-order valence-corrected chi connectivity index (χ3v) is 8.11. The predicted octanol–water partition coefficient (Wildman–Crippen LogP) is 2.95. The van der Waals surface area contributed by atoms with E-state index in [9.17, 15) is 24.6 Å². The number of phenols is 1. The van der Waals surface area contributed by atoms with E-state index in [0.717, 1.165) is 11.1 Å². The van der Waals surface area contributed by atoms with E-state index in [0.29, 0.717) is 11.1 Å². The number of carbonyl (C=O) groups is 3. The molecule has 0 bridgehead atoms. The SMILES string of the molecule is Cc1ccccc1CNC(=O)[C@H]1NC[C@@H](Cl)C1C(=O)[C@@H](O)[C@@H](C(=O)c1cccc(O)c1C)C(N)c1ccccc1. The number of aliphatic hydroxyl groups excluding tert-OH is 1. The minimum atomic E-state index is -1.86. The van der Waals surface area contributed by atoms with Crippen molar-refractivity contribution >= 4 is 29.1 Å². The number of alkyl halides is 1. The largest absolute Gasteiger partial charge is 0.508 e. The first-order chi connectivity index (χ1) is 19.1. The fraction of sp³-hybridized carbons (Fsp3) is 0.323. The lowest BCUT2D eigenvalue weighted by atomic mass is 9.77. The molecule has 1 fully saturated rings. The van der Waals surface area contributed by atoms with Crippen molar-refractivity contribution in [3.05, 3.63) is 101 Å². The fourth-order valence-corrected chi connectivity index (χ4v) is 5.59. The summed E-state index contributed by atoms with van der Waals surface area (Å²) in [6, 6.07) is 18.7. The Kier molecular flexibility index (Phi) is 9.37. The van der Waals surface area contributed by atoms with Crippen molar-refractivity contribution in [2.24, 2.45) is 17.6 Å². The fourth-order valence-electron chi connectivity index (χ4n) is 5.23. The highest BCUT2D eigenvalue weighted by Crippen LogP contribution is 2.33. The summed E-state index contributed by atoms with van der Waals surface area (Å²) in [4.78, 5) is 40.9. The molecule has 6 atom stereocenters. The molecule has 6 N–H and O–H groups in total. The molecule has 1 aliphatic rings. The summed E-state index contributed by atoms with van der Waals surface area (Å²) < 4.78 is 0. The predicted molar refractivity (Wildman–Crippen MR) is 153 cm³/mol. The molecule has 9 heteroatoms. The summed E-state index contributed by atoms with van der Waals surface area (Å²) >= 11 is 6.52. The normalized spacial score (nSPS) is 20.9. The average molecular weight is 564 g/mol. The molecule has 1 saturated heterocycles. The lowest BCUT2D eigenvalue weighted by Crippen LogP contribution is -2.51. The number of carbonyl (C=O) groups excluding carboxylic acids is 3. The van der Waals surface area contributed by atoms with Crippen molar-refractivity contribution < 1.29 is 24.6 Å². The number of aliphatic hydroxyl groups is 1. The van der Waals surface area contributed by atoms with Crippen LogP contribution in [0.15, 0.2) is 72.8 Å². The van der Waals surface area contributed by atoms with Gasteiger partial charge in [0.1, 0.15) is 11.9 Å². The van der Waals surface area contributed by atoms with Crippen LogP contribution in [0.2, 0.25) is 0 Å². The van der Waals surface area contributed by atoms with Crippen LogP contribution >= 0.6 is 11.6 Å². The number of rotatable bonds is 10. The Morgan fingerprint density at radius 3 is 2.40 bits per heavy atom. The molecule has 0 aromatic heterocycles. The van der Waals surface area contributed by atoms with E-state index in [-0.39, 0.29) is 24.4 Å². The second kappa shape index (κ2) is 12.7. The molecule has 210 valence electrons. The van der Waals surface area contributed by atoms with Gasteiger partial charge in [-0.15, -0.1) is 11.6 Å². The highest BCUT2D eigenvalue weighted by atomic mass is 35.5. The van der Waals surface area contributed by atoms with Gasteiger partial charge >= 0.3 is 0 Å². The molecule has 0 spiro atoms. The maximum absolute atomic E-state index is 13.9. The average Bonchev–Trinajstić information content (AvgIpc) is 3.35. The van der Waals surface area contributed by atoms with Crippen LogP contribution in [0.1, 0.15) is 38.7 Å². The summed E-state index contributed by atoms with van der Waals surface area (Å²) in [7, 11) is 0. The van der Waals surface area contributed by atoms with Crippen molar-refractivity contribution in [2.45, 2.75) is 44.0 Å². The molecular weight excluding hydrogens is 530 g/mol. The van der Waals surface area contributed by atoms with Crippen LogP contribution < -0.4 is 16.4 Å². The third kappa shape index (κ3) is 6.10.